The number of benzene rings is 2. The van der Waals surface area contributed by atoms with Gasteiger partial charge in [-0.2, -0.15) is 4.31 Å². The summed E-state index contributed by atoms with van der Waals surface area (Å²) in [4.78, 5) is 13.0. The Hall–Kier alpha value is -1.48. The van der Waals surface area contributed by atoms with E-state index >= 15 is 0 Å². The molecule has 1 N–H and O–H groups in total. The number of thioether (sulfide) groups is 2. The number of rotatable bonds is 8. The minimum absolute atomic E-state index is 0.136. The van der Waals surface area contributed by atoms with Crippen LogP contribution in [0.3, 0.4) is 0 Å². The number of nitrogens with one attached hydrogen (secondary N) is 1. The van der Waals surface area contributed by atoms with Crippen molar-refractivity contribution >= 4 is 39.5 Å². The van der Waals surface area contributed by atoms with Gasteiger partial charge in [-0.05, 0) is 60.2 Å². The Bertz CT molecular complexity index is 966. The largest absolute Gasteiger partial charge is 0.346 e. The van der Waals surface area contributed by atoms with E-state index in [-0.39, 0.29) is 16.8 Å². The smallest absolute Gasteiger partial charge is 0.251 e. The summed E-state index contributed by atoms with van der Waals surface area (Å²) in [5.41, 5.74) is 2.74. The lowest BCUT2D eigenvalue weighted by Crippen LogP contribution is -2.30. The topological polar surface area (TPSA) is 66.5 Å². The van der Waals surface area contributed by atoms with Crippen LogP contribution in [-0.2, 0) is 10.0 Å². The van der Waals surface area contributed by atoms with E-state index in [9.17, 15) is 13.2 Å². The van der Waals surface area contributed by atoms with E-state index in [0.29, 0.717) is 23.2 Å². The van der Waals surface area contributed by atoms with Crippen molar-refractivity contribution in [3.05, 3.63) is 65.2 Å². The monoisotopic (exact) mass is 478 g/mol. The molecule has 1 saturated heterocycles. The van der Waals surface area contributed by atoms with E-state index in [1.54, 1.807) is 24.3 Å². The zero-order valence-corrected chi connectivity index (χ0v) is 20.7. The van der Waals surface area contributed by atoms with Gasteiger partial charge in [-0.3, -0.25) is 4.79 Å². The van der Waals surface area contributed by atoms with Gasteiger partial charge in [0, 0.05) is 18.7 Å². The summed E-state index contributed by atoms with van der Waals surface area (Å²) in [5.74, 6) is 2.24. The highest BCUT2D eigenvalue weighted by Crippen LogP contribution is 2.43. The number of carbonyl (C=O) groups excluding carboxylic acids is 1. The molecule has 2 aromatic carbocycles. The molecule has 31 heavy (non-hydrogen) atoms. The molecule has 0 aromatic heterocycles. The summed E-state index contributed by atoms with van der Waals surface area (Å²) >= 11 is 3.92. The molecule has 1 aliphatic heterocycles. The molecule has 0 spiro atoms. The highest BCUT2D eigenvalue weighted by Gasteiger charge is 2.22. The number of hydrogen-bond acceptors (Lipinski definition) is 5. The van der Waals surface area contributed by atoms with E-state index in [2.05, 4.69) is 5.32 Å². The van der Waals surface area contributed by atoms with Gasteiger partial charge >= 0.3 is 0 Å². The molecule has 1 fully saturated rings. The number of nitrogens with zero attached hydrogens (tertiary/aromatic N) is 1. The van der Waals surface area contributed by atoms with E-state index in [1.165, 1.54) is 27.8 Å². The quantitative estimate of drug-likeness (QED) is 0.573. The van der Waals surface area contributed by atoms with Crippen LogP contribution in [0, 0.1) is 0 Å². The summed E-state index contributed by atoms with van der Waals surface area (Å²) in [6.45, 7) is 6.42. The Labute approximate surface area is 194 Å². The van der Waals surface area contributed by atoms with Gasteiger partial charge in [0.15, 0.2) is 0 Å². The standard InChI is InChI=1S/C23H30N2O3S3/c1-4-25(5-2)31(27,28)21-13-11-18(12-14-21)17(3)24-22(26)19-7-9-20(10-8-19)23-29-15-6-16-30-23/h7-14,17,23H,4-6,15-16H2,1-3H3,(H,24,26). The van der Waals surface area contributed by atoms with Gasteiger partial charge in [-0.15, -0.1) is 23.5 Å². The second-order valence-corrected chi connectivity index (χ2v) is 12.1. The van der Waals surface area contributed by atoms with Crippen molar-refractivity contribution in [1.82, 2.24) is 9.62 Å². The molecule has 1 unspecified atom stereocenters. The maximum absolute atomic E-state index is 12.7. The molecular weight excluding hydrogens is 448 g/mol. The van der Waals surface area contributed by atoms with Crippen LogP contribution in [0.25, 0.3) is 0 Å². The van der Waals surface area contributed by atoms with Crippen molar-refractivity contribution in [2.24, 2.45) is 0 Å². The Morgan fingerprint density at radius 1 is 1.03 bits per heavy atom. The van der Waals surface area contributed by atoms with Crippen LogP contribution in [0.4, 0.5) is 0 Å². The maximum Gasteiger partial charge on any atom is 0.251 e. The van der Waals surface area contributed by atoms with Gasteiger partial charge < -0.3 is 5.32 Å². The van der Waals surface area contributed by atoms with Crippen LogP contribution in [0.15, 0.2) is 53.4 Å². The van der Waals surface area contributed by atoms with Crippen LogP contribution >= 0.6 is 23.5 Å². The van der Waals surface area contributed by atoms with Gasteiger partial charge in [0.25, 0.3) is 5.91 Å². The Kier molecular flexibility index (Phi) is 8.50. The molecule has 0 radical (unpaired) electrons. The molecule has 2 aromatic rings. The fourth-order valence-electron chi connectivity index (χ4n) is 3.48. The maximum atomic E-state index is 12.7. The third-order valence-corrected chi connectivity index (χ3v) is 10.4. The molecule has 1 amide bonds. The van der Waals surface area contributed by atoms with Crippen molar-refractivity contribution < 1.29 is 13.2 Å². The van der Waals surface area contributed by atoms with Gasteiger partial charge in [-0.25, -0.2) is 8.42 Å². The minimum Gasteiger partial charge on any atom is -0.346 e. The fourth-order valence-corrected chi connectivity index (χ4v) is 7.83. The molecule has 168 valence electrons. The highest BCUT2D eigenvalue weighted by atomic mass is 32.2. The normalized spacial score (nSPS) is 16.3. The zero-order valence-electron chi connectivity index (χ0n) is 18.2. The van der Waals surface area contributed by atoms with Crippen molar-refractivity contribution in [3.63, 3.8) is 0 Å². The van der Waals surface area contributed by atoms with Crippen molar-refractivity contribution in [2.45, 2.75) is 42.7 Å². The van der Waals surface area contributed by atoms with Gasteiger partial charge in [-0.1, -0.05) is 38.1 Å². The average molecular weight is 479 g/mol. The lowest BCUT2D eigenvalue weighted by molar-refractivity contribution is 0.0940. The third kappa shape index (κ3) is 5.86. The first-order valence-electron chi connectivity index (χ1n) is 10.6. The summed E-state index contributed by atoms with van der Waals surface area (Å²) < 4.78 is 27.2. The molecule has 5 nitrogen and oxygen atoms in total. The Morgan fingerprint density at radius 3 is 2.16 bits per heavy atom. The second-order valence-electron chi connectivity index (χ2n) is 7.40. The highest BCUT2D eigenvalue weighted by molar-refractivity contribution is 8.16. The summed E-state index contributed by atoms with van der Waals surface area (Å²) in [6.07, 6.45) is 1.26. The van der Waals surface area contributed by atoms with Crippen LogP contribution in [-0.4, -0.2) is 43.2 Å². The van der Waals surface area contributed by atoms with Crippen LogP contribution < -0.4 is 5.32 Å². The first-order valence-corrected chi connectivity index (χ1v) is 14.1. The number of hydrogen-bond donors (Lipinski definition) is 1. The molecule has 1 atom stereocenters. The molecule has 3 rings (SSSR count). The van der Waals surface area contributed by atoms with E-state index in [0.717, 1.165) is 5.56 Å². The van der Waals surface area contributed by atoms with Crippen LogP contribution in [0.1, 0.15) is 59.3 Å². The fraction of sp³-hybridized carbons (Fsp3) is 0.435. The predicted octanol–water partition coefficient (Wildman–Crippen LogP) is 5.08. The van der Waals surface area contributed by atoms with Crippen LogP contribution in [0.5, 0.6) is 0 Å². The average Bonchev–Trinajstić information content (AvgIpc) is 2.80. The third-order valence-electron chi connectivity index (χ3n) is 5.34. The summed E-state index contributed by atoms with van der Waals surface area (Å²) in [7, 11) is -3.48. The SMILES string of the molecule is CCN(CC)S(=O)(=O)c1ccc(C(C)NC(=O)c2ccc(C3SCCCS3)cc2)cc1. The molecule has 0 saturated carbocycles. The van der Waals surface area contributed by atoms with Crippen molar-refractivity contribution in [2.75, 3.05) is 24.6 Å². The lowest BCUT2D eigenvalue weighted by atomic mass is 10.1. The van der Waals surface area contributed by atoms with E-state index in [1.807, 2.05) is 68.6 Å². The molecular formula is C23H30N2O3S3. The predicted molar refractivity (Wildman–Crippen MR) is 131 cm³/mol. The molecule has 0 bridgehead atoms. The van der Waals surface area contributed by atoms with Crippen LogP contribution in [0.2, 0.25) is 0 Å². The van der Waals surface area contributed by atoms with Gasteiger partial charge in [0.05, 0.1) is 15.5 Å². The minimum atomic E-state index is -3.48. The summed E-state index contributed by atoms with van der Waals surface area (Å²) in [5, 5.41) is 3.01. The Balaban J connectivity index is 1.64. The van der Waals surface area contributed by atoms with Gasteiger partial charge in [0.1, 0.15) is 0 Å². The number of carbonyl (C=O) groups is 1. The molecule has 1 aliphatic rings. The lowest BCUT2D eigenvalue weighted by Gasteiger charge is -2.21. The van der Waals surface area contributed by atoms with E-state index < -0.39 is 10.0 Å². The van der Waals surface area contributed by atoms with Gasteiger partial charge in [0.2, 0.25) is 10.0 Å². The number of sulfonamides is 1. The molecule has 1 heterocycles. The second kappa shape index (κ2) is 10.9. The van der Waals surface area contributed by atoms with Crippen molar-refractivity contribution in [3.8, 4) is 0 Å². The number of amides is 1. The molecule has 8 heteroatoms. The zero-order chi connectivity index (χ0) is 22.4. The first-order chi connectivity index (χ1) is 14.9. The Morgan fingerprint density at radius 2 is 1.61 bits per heavy atom. The summed E-state index contributed by atoms with van der Waals surface area (Å²) in [6, 6.07) is 14.4. The van der Waals surface area contributed by atoms with Crippen molar-refractivity contribution in [1.29, 1.82) is 0 Å². The van der Waals surface area contributed by atoms with E-state index in [4.69, 9.17) is 0 Å². The first kappa shape index (κ1) is 24.2. The molecule has 0 aliphatic carbocycles.